The van der Waals surface area contributed by atoms with Crippen LogP contribution in [-0.4, -0.2) is 15.3 Å². The standard InChI is InChI=1S/C15H13F2N3OS/c1-6-7(2)19-20-15-11(6)12(18)14(22-15)13(21)9-4-3-8(16)5-10(9)17/h3-5,13,21H,18H2,1-2H3. The van der Waals surface area contributed by atoms with Crippen molar-refractivity contribution in [2.45, 2.75) is 20.0 Å². The molecule has 0 amide bonds. The van der Waals surface area contributed by atoms with Crippen LogP contribution in [0.25, 0.3) is 10.2 Å². The van der Waals surface area contributed by atoms with E-state index in [1.54, 1.807) is 0 Å². The van der Waals surface area contributed by atoms with Crippen molar-refractivity contribution in [1.82, 2.24) is 10.2 Å². The van der Waals surface area contributed by atoms with Crippen molar-refractivity contribution in [2.75, 3.05) is 5.73 Å². The summed E-state index contributed by atoms with van der Waals surface area (Å²) in [5.41, 5.74) is 8.05. The molecule has 1 atom stereocenters. The lowest BCUT2D eigenvalue weighted by Crippen LogP contribution is -2.04. The number of halogens is 2. The molecule has 0 aliphatic heterocycles. The molecule has 0 fully saturated rings. The summed E-state index contributed by atoms with van der Waals surface area (Å²) in [4.78, 5) is 0.959. The highest BCUT2D eigenvalue weighted by Crippen LogP contribution is 2.40. The molecule has 3 N–H and O–H groups in total. The van der Waals surface area contributed by atoms with Gasteiger partial charge in [0, 0.05) is 17.0 Å². The van der Waals surface area contributed by atoms with Gasteiger partial charge in [0.2, 0.25) is 0 Å². The Morgan fingerprint density at radius 2 is 1.95 bits per heavy atom. The van der Waals surface area contributed by atoms with Crippen LogP contribution < -0.4 is 5.73 Å². The second-order valence-corrected chi connectivity index (χ2v) is 6.07. The van der Waals surface area contributed by atoms with Gasteiger partial charge in [-0.25, -0.2) is 8.78 Å². The maximum Gasteiger partial charge on any atom is 0.148 e. The van der Waals surface area contributed by atoms with Crippen LogP contribution in [0.2, 0.25) is 0 Å². The second kappa shape index (κ2) is 5.26. The summed E-state index contributed by atoms with van der Waals surface area (Å²) < 4.78 is 26.8. The Labute approximate surface area is 129 Å². The molecule has 0 bridgehead atoms. The zero-order valence-corrected chi connectivity index (χ0v) is 12.7. The van der Waals surface area contributed by atoms with E-state index in [2.05, 4.69) is 10.2 Å². The molecule has 0 radical (unpaired) electrons. The Kier molecular flexibility index (Phi) is 3.54. The zero-order chi connectivity index (χ0) is 16.0. The summed E-state index contributed by atoms with van der Waals surface area (Å²) in [6.45, 7) is 3.68. The minimum atomic E-state index is -1.28. The van der Waals surface area contributed by atoms with E-state index >= 15 is 0 Å². The largest absolute Gasteiger partial charge is 0.397 e. The Hall–Kier alpha value is -2.12. The number of aryl methyl sites for hydroxylation is 2. The Bertz CT molecular complexity index is 879. The molecule has 114 valence electrons. The number of nitrogen functional groups attached to an aromatic ring is 1. The molecule has 2 heterocycles. The molecular weight excluding hydrogens is 308 g/mol. The number of nitrogens with two attached hydrogens (primary N) is 1. The molecule has 0 aliphatic rings. The SMILES string of the molecule is Cc1nnc2sc(C(O)c3ccc(F)cc3F)c(N)c2c1C. The molecule has 4 nitrogen and oxygen atoms in total. The number of aliphatic hydroxyl groups excluding tert-OH is 1. The summed E-state index contributed by atoms with van der Waals surface area (Å²) in [5.74, 6) is -1.52. The van der Waals surface area contributed by atoms with Crippen LogP contribution >= 0.6 is 11.3 Å². The maximum atomic E-state index is 13.9. The first kappa shape index (κ1) is 14.8. The molecule has 0 spiro atoms. The number of thiophene rings is 1. The van der Waals surface area contributed by atoms with E-state index in [-0.39, 0.29) is 5.56 Å². The number of rotatable bonds is 2. The molecule has 2 aromatic heterocycles. The first-order valence-electron chi connectivity index (χ1n) is 6.55. The van der Waals surface area contributed by atoms with Crippen LogP contribution in [0.5, 0.6) is 0 Å². The fraction of sp³-hybridized carbons (Fsp3) is 0.200. The number of hydrogen-bond acceptors (Lipinski definition) is 5. The summed E-state index contributed by atoms with van der Waals surface area (Å²) in [5, 5.41) is 19.2. The minimum Gasteiger partial charge on any atom is -0.397 e. The Morgan fingerprint density at radius 1 is 1.23 bits per heavy atom. The molecule has 7 heteroatoms. The smallest absolute Gasteiger partial charge is 0.148 e. The van der Waals surface area contributed by atoms with Crippen molar-refractivity contribution in [1.29, 1.82) is 0 Å². The predicted molar refractivity (Wildman–Crippen MR) is 81.7 cm³/mol. The van der Waals surface area contributed by atoms with Crippen molar-refractivity contribution < 1.29 is 13.9 Å². The lowest BCUT2D eigenvalue weighted by molar-refractivity contribution is 0.219. The van der Waals surface area contributed by atoms with Crippen molar-refractivity contribution in [3.63, 3.8) is 0 Å². The topological polar surface area (TPSA) is 72.0 Å². The summed E-state index contributed by atoms with van der Waals surface area (Å²) in [7, 11) is 0. The van der Waals surface area contributed by atoms with Gasteiger partial charge in [-0.15, -0.1) is 16.4 Å². The van der Waals surface area contributed by atoms with Crippen LogP contribution in [0.3, 0.4) is 0 Å². The molecule has 0 aliphatic carbocycles. The maximum absolute atomic E-state index is 13.9. The van der Waals surface area contributed by atoms with Gasteiger partial charge in [0.1, 0.15) is 22.6 Å². The first-order chi connectivity index (χ1) is 10.4. The zero-order valence-electron chi connectivity index (χ0n) is 11.9. The minimum absolute atomic E-state index is 0.0259. The lowest BCUT2D eigenvalue weighted by Gasteiger charge is -2.11. The van der Waals surface area contributed by atoms with Gasteiger partial charge >= 0.3 is 0 Å². The highest BCUT2D eigenvalue weighted by molar-refractivity contribution is 7.19. The van der Waals surface area contributed by atoms with Gasteiger partial charge < -0.3 is 10.8 Å². The van der Waals surface area contributed by atoms with Gasteiger partial charge in [0.25, 0.3) is 0 Å². The lowest BCUT2D eigenvalue weighted by atomic mass is 10.0. The fourth-order valence-corrected chi connectivity index (χ4v) is 3.43. The monoisotopic (exact) mass is 321 g/mol. The van der Waals surface area contributed by atoms with Crippen LogP contribution in [0.15, 0.2) is 18.2 Å². The molecular formula is C15H13F2N3OS. The second-order valence-electron chi connectivity index (χ2n) is 5.04. The molecule has 3 aromatic rings. The molecule has 0 saturated carbocycles. The average Bonchev–Trinajstić information content (AvgIpc) is 2.80. The fourth-order valence-electron chi connectivity index (χ4n) is 2.33. The van der Waals surface area contributed by atoms with E-state index in [1.165, 1.54) is 6.07 Å². The number of aliphatic hydroxyl groups is 1. The van der Waals surface area contributed by atoms with E-state index in [1.807, 2.05) is 13.8 Å². The molecule has 1 unspecified atom stereocenters. The van der Waals surface area contributed by atoms with E-state index in [0.717, 1.165) is 34.7 Å². The van der Waals surface area contributed by atoms with Crippen molar-refractivity contribution in [3.05, 3.63) is 51.5 Å². The average molecular weight is 321 g/mol. The first-order valence-corrected chi connectivity index (χ1v) is 7.36. The van der Waals surface area contributed by atoms with Crippen molar-refractivity contribution >= 4 is 27.2 Å². The normalized spacial score (nSPS) is 12.8. The van der Waals surface area contributed by atoms with Gasteiger partial charge in [-0.05, 0) is 25.5 Å². The van der Waals surface area contributed by atoms with Crippen molar-refractivity contribution in [3.8, 4) is 0 Å². The number of hydrogen-bond donors (Lipinski definition) is 2. The third-order valence-electron chi connectivity index (χ3n) is 3.67. The molecule has 3 rings (SSSR count). The van der Waals surface area contributed by atoms with Gasteiger partial charge in [-0.2, -0.15) is 5.10 Å². The van der Waals surface area contributed by atoms with E-state index in [9.17, 15) is 13.9 Å². The molecule has 1 aromatic carbocycles. The summed E-state index contributed by atoms with van der Waals surface area (Å²) in [6, 6.07) is 3.04. The third kappa shape index (κ3) is 2.22. The molecule has 0 saturated heterocycles. The van der Waals surface area contributed by atoms with Gasteiger partial charge in [0.05, 0.1) is 16.3 Å². The van der Waals surface area contributed by atoms with Crippen LogP contribution in [0.4, 0.5) is 14.5 Å². The van der Waals surface area contributed by atoms with E-state index in [4.69, 9.17) is 5.73 Å². The highest BCUT2D eigenvalue weighted by Gasteiger charge is 2.23. The van der Waals surface area contributed by atoms with Gasteiger partial charge in [-0.1, -0.05) is 6.07 Å². The number of benzene rings is 1. The van der Waals surface area contributed by atoms with Crippen LogP contribution in [0.1, 0.15) is 27.8 Å². The van der Waals surface area contributed by atoms with Crippen molar-refractivity contribution in [2.24, 2.45) is 0 Å². The van der Waals surface area contributed by atoms with Crippen LogP contribution in [-0.2, 0) is 0 Å². The van der Waals surface area contributed by atoms with Gasteiger partial charge in [-0.3, -0.25) is 0 Å². The summed E-state index contributed by atoms with van der Waals surface area (Å²) >= 11 is 1.15. The quantitative estimate of drug-likeness (QED) is 0.760. The third-order valence-corrected chi connectivity index (χ3v) is 4.81. The van der Waals surface area contributed by atoms with E-state index < -0.39 is 17.7 Å². The Morgan fingerprint density at radius 3 is 2.64 bits per heavy atom. The number of fused-ring (bicyclic) bond motifs is 1. The number of aromatic nitrogens is 2. The predicted octanol–water partition coefficient (Wildman–Crippen LogP) is 3.25. The Balaban J connectivity index is 2.17. The number of anilines is 1. The molecule has 22 heavy (non-hydrogen) atoms. The highest BCUT2D eigenvalue weighted by atomic mass is 32.1. The van der Waals surface area contributed by atoms with E-state index in [0.29, 0.717) is 20.8 Å². The number of nitrogens with zero attached hydrogens (tertiary/aromatic N) is 2. The summed E-state index contributed by atoms with van der Waals surface area (Å²) in [6.07, 6.45) is -1.28. The van der Waals surface area contributed by atoms with Crippen LogP contribution in [0, 0.1) is 25.5 Å². The van der Waals surface area contributed by atoms with Gasteiger partial charge in [0.15, 0.2) is 0 Å².